The zero-order chi connectivity index (χ0) is 18.8. The van der Waals surface area contributed by atoms with E-state index in [0.29, 0.717) is 18.0 Å². The van der Waals surface area contributed by atoms with E-state index in [1.807, 2.05) is 12.1 Å². The van der Waals surface area contributed by atoms with E-state index in [1.165, 1.54) is 18.2 Å². The molecule has 2 aromatic carbocycles. The standard InChI is InChI=1S/C20H22FNO3S/c1-24-18-10-4-15(14-19(18)25-2)5-11-20(23)22-12-3-13-26-17-8-6-16(21)7-9-17/h4-11,14H,3,12-13H2,1-2H3,(H,22,23)/b11-5+. The lowest BCUT2D eigenvalue weighted by atomic mass is 10.2. The fourth-order valence-corrected chi connectivity index (χ4v) is 3.04. The molecular weight excluding hydrogens is 353 g/mol. The molecule has 0 saturated heterocycles. The van der Waals surface area contributed by atoms with Gasteiger partial charge in [-0.05, 0) is 60.2 Å². The fourth-order valence-electron chi connectivity index (χ4n) is 2.19. The van der Waals surface area contributed by atoms with Crippen LogP contribution in [0.1, 0.15) is 12.0 Å². The molecule has 0 radical (unpaired) electrons. The van der Waals surface area contributed by atoms with E-state index in [2.05, 4.69) is 5.32 Å². The topological polar surface area (TPSA) is 47.6 Å². The van der Waals surface area contributed by atoms with Gasteiger partial charge in [0.2, 0.25) is 5.91 Å². The van der Waals surface area contributed by atoms with Crippen LogP contribution in [0.5, 0.6) is 11.5 Å². The van der Waals surface area contributed by atoms with Gasteiger partial charge in [-0.2, -0.15) is 0 Å². The minimum absolute atomic E-state index is 0.147. The quantitative estimate of drug-likeness (QED) is 0.406. The first-order chi connectivity index (χ1) is 12.6. The highest BCUT2D eigenvalue weighted by molar-refractivity contribution is 7.99. The van der Waals surface area contributed by atoms with Crippen LogP contribution in [0.4, 0.5) is 4.39 Å². The maximum atomic E-state index is 12.8. The minimum Gasteiger partial charge on any atom is -0.493 e. The lowest BCUT2D eigenvalue weighted by molar-refractivity contribution is -0.116. The summed E-state index contributed by atoms with van der Waals surface area (Å²) in [4.78, 5) is 12.9. The number of benzene rings is 2. The molecule has 0 aliphatic heterocycles. The fraction of sp³-hybridized carbons (Fsp3) is 0.250. The lowest BCUT2D eigenvalue weighted by Gasteiger charge is -2.07. The molecular formula is C20H22FNO3S. The Kier molecular flexibility index (Phi) is 8.02. The molecule has 138 valence electrons. The summed E-state index contributed by atoms with van der Waals surface area (Å²) in [6.07, 6.45) is 4.05. The van der Waals surface area contributed by atoms with Crippen LogP contribution in [0.3, 0.4) is 0 Å². The SMILES string of the molecule is COc1ccc(/C=C/C(=O)NCCCSc2ccc(F)cc2)cc1OC. The maximum absolute atomic E-state index is 12.8. The Labute approximate surface area is 157 Å². The number of halogens is 1. The number of hydrogen-bond acceptors (Lipinski definition) is 4. The van der Waals surface area contributed by atoms with Crippen molar-refractivity contribution >= 4 is 23.7 Å². The van der Waals surface area contributed by atoms with Gasteiger partial charge in [-0.15, -0.1) is 11.8 Å². The first-order valence-corrected chi connectivity index (χ1v) is 9.17. The van der Waals surface area contributed by atoms with Crippen LogP contribution >= 0.6 is 11.8 Å². The van der Waals surface area contributed by atoms with Crippen molar-refractivity contribution in [2.24, 2.45) is 0 Å². The summed E-state index contributed by atoms with van der Waals surface area (Å²) in [6, 6.07) is 11.9. The molecule has 0 atom stereocenters. The molecule has 0 heterocycles. The van der Waals surface area contributed by atoms with Crippen molar-refractivity contribution in [2.75, 3.05) is 26.5 Å². The van der Waals surface area contributed by atoms with E-state index < -0.39 is 0 Å². The number of carbonyl (C=O) groups is 1. The number of nitrogens with one attached hydrogen (secondary N) is 1. The van der Waals surface area contributed by atoms with Crippen LogP contribution in [0.25, 0.3) is 6.08 Å². The molecule has 2 aromatic rings. The Bertz CT molecular complexity index is 747. The molecule has 2 rings (SSSR count). The van der Waals surface area contributed by atoms with Crippen molar-refractivity contribution in [2.45, 2.75) is 11.3 Å². The molecule has 0 aliphatic carbocycles. The third-order valence-electron chi connectivity index (χ3n) is 3.54. The van der Waals surface area contributed by atoms with Gasteiger partial charge in [-0.1, -0.05) is 6.07 Å². The van der Waals surface area contributed by atoms with Crippen LogP contribution in [-0.2, 0) is 4.79 Å². The summed E-state index contributed by atoms with van der Waals surface area (Å²) in [7, 11) is 3.15. The Balaban J connectivity index is 1.71. The highest BCUT2D eigenvalue weighted by atomic mass is 32.2. The normalized spacial score (nSPS) is 10.7. The van der Waals surface area contributed by atoms with Gasteiger partial charge in [0.05, 0.1) is 14.2 Å². The van der Waals surface area contributed by atoms with Crippen LogP contribution in [-0.4, -0.2) is 32.4 Å². The molecule has 0 saturated carbocycles. The first kappa shape index (κ1) is 19.8. The van der Waals surface area contributed by atoms with Crippen molar-refractivity contribution in [3.05, 3.63) is 59.9 Å². The Morgan fingerprint density at radius 1 is 1.12 bits per heavy atom. The van der Waals surface area contributed by atoms with Gasteiger partial charge >= 0.3 is 0 Å². The zero-order valence-electron chi connectivity index (χ0n) is 14.8. The number of ether oxygens (including phenoxy) is 2. The van der Waals surface area contributed by atoms with E-state index in [4.69, 9.17) is 9.47 Å². The van der Waals surface area contributed by atoms with Crippen molar-refractivity contribution in [3.8, 4) is 11.5 Å². The number of hydrogen-bond donors (Lipinski definition) is 1. The highest BCUT2D eigenvalue weighted by Gasteiger charge is 2.03. The molecule has 0 aliphatic rings. The van der Waals surface area contributed by atoms with E-state index in [9.17, 15) is 9.18 Å². The summed E-state index contributed by atoms with van der Waals surface area (Å²) in [5, 5.41) is 2.84. The molecule has 6 heteroatoms. The summed E-state index contributed by atoms with van der Waals surface area (Å²) in [6.45, 7) is 0.587. The molecule has 0 bridgehead atoms. The van der Waals surface area contributed by atoms with Gasteiger partial charge in [0, 0.05) is 17.5 Å². The monoisotopic (exact) mass is 375 g/mol. The largest absolute Gasteiger partial charge is 0.493 e. The molecule has 1 amide bonds. The van der Waals surface area contributed by atoms with Crippen LogP contribution in [0.15, 0.2) is 53.4 Å². The predicted octanol–water partition coefficient (Wildman–Crippen LogP) is 4.15. The second-order valence-electron chi connectivity index (χ2n) is 5.39. The molecule has 4 nitrogen and oxygen atoms in total. The van der Waals surface area contributed by atoms with Gasteiger partial charge in [0.15, 0.2) is 11.5 Å². The average molecular weight is 375 g/mol. The average Bonchev–Trinajstić information content (AvgIpc) is 2.67. The Hall–Kier alpha value is -2.47. The van der Waals surface area contributed by atoms with E-state index in [0.717, 1.165) is 22.6 Å². The molecule has 0 spiro atoms. The molecule has 1 N–H and O–H groups in total. The summed E-state index contributed by atoms with van der Waals surface area (Å²) >= 11 is 1.64. The van der Waals surface area contributed by atoms with Gasteiger partial charge in [0.25, 0.3) is 0 Å². The second kappa shape index (κ2) is 10.5. The first-order valence-electron chi connectivity index (χ1n) is 8.18. The number of rotatable bonds is 9. The molecule has 0 aromatic heterocycles. The molecule has 0 unspecified atom stereocenters. The van der Waals surface area contributed by atoms with E-state index in [-0.39, 0.29) is 11.7 Å². The van der Waals surface area contributed by atoms with Gasteiger partial charge < -0.3 is 14.8 Å². The third kappa shape index (κ3) is 6.44. The molecule has 26 heavy (non-hydrogen) atoms. The number of thioether (sulfide) groups is 1. The van der Waals surface area contributed by atoms with Crippen molar-refractivity contribution in [3.63, 3.8) is 0 Å². The van der Waals surface area contributed by atoms with Crippen molar-refractivity contribution < 1.29 is 18.7 Å². The van der Waals surface area contributed by atoms with Crippen LogP contribution < -0.4 is 14.8 Å². The van der Waals surface area contributed by atoms with E-state index >= 15 is 0 Å². The second-order valence-corrected chi connectivity index (χ2v) is 6.56. The van der Waals surface area contributed by atoms with Crippen molar-refractivity contribution in [1.29, 1.82) is 0 Å². The zero-order valence-corrected chi connectivity index (χ0v) is 15.6. The number of methoxy groups -OCH3 is 2. The predicted molar refractivity (Wildman–Crippen MR) is 103 cm³/mol. The summed E-state index contributed by atoms with van der Waals surface area (Å²) < 4.78 is 23.2. The van der Waals surface area contributed by atoms with Gasteiger partial charge in [-0.25, -0.2) is 4.39 Å². The van der Waals surface area contributed by atoms with Crippen molar-refractivity contribution in [1.82, 2.24) is 5.32 Å². The van der Waals surface area contributed by atoms with Gasteiger partial charge in [-0.3, -0.25) is 4.79 Å². The van der Waals surface area contributed by atoms with Crippen LogP contribution in [0.2, 0.25) is 0 Å². The lowest BCUT2D eigenvalue weighted by Crippen LogP contribution is -2.22. The molecule has 0 fully saturated rings. The highest BCUT2D eigenvalue weighted by Crippen LogP contribution is 2.27. The minimum atomic E-state index is -0.233. The summed E-state index contributed by atoms with van der Waals surface area (Å²) in [5.41, 5.74) is 0.852. The Morgan fingerprint density at radius 3 is 2.54 bits per heavy atom. The maximum Gasteiger partial charge on any atom is 0.243 e. The Morgan fingerprint density at radius 2 is 1.85 bits per heavy atom. The van der Waals surface area contributed by atoms with Gasteiger partial charge in [0.1, 0.15) is 5.82 Å². The van der Waals surface area contributed by atoms with E-state index in [1.54, 1.807) is 50.3 Å². The number of carbonyl (C=O) groups excluding carboxylic acids is 1. The summed E-state index contributed by atoms with van der Waals surface area (Å²) in [5.74, 6) is 1.74. The smallest absolute Gasteiger partial charge is 0.243 e. The third-order valence-corrected chi connectivity index (χ3v) is 4.64. The number of amides is 1. The van der Waals surface area contributed by atoms with Crippen LogP contribution in [0, 0.1) is 5.82 Å².